The summed E-state index contributed by atoms with van der Waals surface area (Å²) in [6.07, 6.45) is 4.87. The highest BCUT2D eigenvalue weighted by Crippen LogP contribution is 2.16. The van der Waals surface area contributed by atoms with Crippen LogP contribution >= 0.6 is 11.6 Å². The monoisotopic (exact) mass is 307 g/mol. The van der Waals surface area contributed by atoms with Crippen molar-refractivity contribution in [3.05, 3.63) is 39.4 Å². The maximum atomic E-state index is 12.1. The fraction of sp³-hybridized carbons (Fsp3) is 0.500. The van der Waals surface area contributed by atoms with Crippen LogP contribution in [0.4, 0.5) is 0 Å². The van der Waals surface area contributed by atoms with Crippen molar-refractivity contribution in [3.8, 4) is 0 Å². The number of halogens is 1. The van der Waals surface area contributed by atoms with Crippen LogP contribution in [0.3, 0.4) is 0 Å². The van der Waals surface area contributed by atoms with Crippen LogP contribution in [-0.2, 0) is 0 Å². The fourth-order valence-corrected chi connectivity index (χ4v) is 2.47. The molecular formula is C16H22ClN3O. The minimum absolute atomic E-state index is 0.0164. The molecular weight excluding hydrogens is 286 g/mol. The summed E-state index contributed by atoms with van der Waals surface area (Å²) < 4.78 is 0. The summed E-state index contributed by atoms with van der Waals surface area (Å²) >= 11 is 5.97. The number of hydrogen-bond acceptors (Lipinski definition) is 3. The predicted molar refractivity (Wildman–Crippen MR) is 87.9 cm³/mol. The zero-order chi connectivity index (χ0) is 15.2. The summed E-state index contributed by atoms with van der Waals surface area (Å²) in [7, 11) is 0. The second-order valence-electron chi connectivity index (χ2n) is 5.35. The van der Waals surface area contributed by atoms with Gasteiger partial charge >= 0.3 is 0 Å². The molecule has 4 nitrogen and oxygen atoms in total. The number of aromatic amines is 1. The third kappa shape index (κ3) is 4.29. The van der Waals surface area contributed by atoms with Gasteiger partial charge in [-0.15, -0.1) is 0 Å². The minimum atomic E-state index is -0.119. The molecule has 1 atom stereocenters. The fourth-order valence-electron chi connectivity index (χ4n) is 2.30. The second-order valence-corrected chi connectivity index (χ2v) is 5.79. The van der Waals surface area contributed by atoms with Crippen LogP contribution in [0.25, 0.3) is 10.9 Å². The van der Waals surface area contributed by atoms with Crippen LogP contribution in [0.5, 0.6) is 0 Å². The molecule has 0 fully saturated rings. The molecule has 21 heavy (non-hydrogen) atoms. The number of aromatic nitrogens is 2. The number of H-pyrrole nitrogens is 1. The largest absolute Gasteiger partial charge is 0.309 e. The number of rotatable bonds is 7. The zero-order valence-corrected chi connectivity index (χ0v) is 13.3. The Labute approximate surface area is 129 Å². The second kappa shape index (κ2) is 7.57. The van der Waals surface area contributed by atoms with Crippen molar-refractivity contribution in [2.45, 2.75) is 45.6 Å². The van der Waals surface area contributed by atoms with Crippen LogP contribution in [0.2, 0.25) is 5.02 Å². The molecule has 0 aliphatic rings. The first-order chi connectivity index (χ1) is 10.1. The number of hydrogen-bond donors (Lipinski definition) is 2. The van der Waals surface area contributed by atoms with Gasteiger partial charge in [0.05, 0.1) is 16.9 Å². The summed E-state index contributed by atoms with van der Waals surface area (Å²) in [6.45, 7) is 5.14. The Morgan fingerprint density at radius 2 is 2.14 bits per heavy atom. The third-order valence-corrected chi connectivity index (χ3v) is 3.81. The Morgan fingerprint density at radius 1 is 1.33 bits per heavy atom. The van der Waals surface area contributed by atoms with Crippen LogP contribution in [-0.4, -0.2) is 16.5 Å². The van der Waals surface area contributed by atoms with Crippen molar-refractivity contribution >= 4 is 22.5 Å². The normalized spacial score (nSPS) is 12.7. The molecule has 2 N–H and O–H groups in total. The van der Waals surface area contributed by atoms with Crippen LogP contribution in [0, 0.1) is 0 Å². The van der Waals surface area contributed by atoms with E-state index >= 15 is 0 Å². The van der Waals surface area contributed by atoms with Crippen molar-refractivity contribution in [2.75, 3.05) is 6.54 Å². The Morgan fingerprint density at radius 3 is 2.90 bits per heavy atom. The van der Waals surface area contributed by atoms with Gasteiger partial charge in [-0.05, 0) is 38.1 Å². The molecule has 0 aliphatic heterocycles. The molecule has 1 heterocycles. The van der Waals surface area contributed by atoms with E-state index in [1.54, 1.807) is 18.2 Å². The molecule has 0 saturated heterocycles. The number of benzene rings is 1. The first-order valence-corrected chi connectivity index (χ1v) is 7.92. The SMILES string of the molecule is CCCCCCNC(C)c1nc2cc(Cl)ccc2c(=O)[nH]1. The first-order valence-electron chi connectivity index (χ1n) is 7.54. The summed E-state index contributed by atoms with van der Waals surface area (Å²) in [5, 5.41) is 4.56. The lowest BCUT2D eigenvalue weighted by atomic mass is 10.2. The quantitative estimate of drug-likeness (QED) is 0.765. The van der Waals surface area contributed by atoms with E-state index in [0.29, 0.717) is 21.7 Å². The average molecular weight is 308 g/mol. The molecule has 1 aromatic heterocycles. The van der Waals surface area contributed by atoms with Gasteiger partial charge in [0.25, 0.3) is 5.56 Å². The molecule has 0 saturated carbocycles. The highest BCUT2D eigenvalue weighted by Gasteiger charge is 2.10. The lowest BCUT2D eigenvalue weighted by Crippen LogP contribution is -2.24. The number of unbranched alkanes of at least 4 members (excludes halogenated alkanes) is 3. The first kappa shape index (κ1) is 16.0. The minimum Gasteiger partial charge on any atom is -0.309 e. The van der Waals surface area contributed by atoms with Crippen molar-refractivity contribution in [1.82, 2.24) is 15.3 Å². The van der Waals surface area contributed by atoms with Crippen molar-refractivity contribution in [2.24, 2.45) is 0 Å². The Kier molecular flexibility index (Phi) is 5.76. The van der Waals surface area contributed by atoms with Gasteiger partial charge in [0.1, 0.15) is 5.82 Å². The maximum Gasteiger partial charge on any atom is 0.258 e. The van der Waals surface area contributed by atoms with Gasteiger partial charge in [-0.25, -0.2) is 4.98 Å². The Hall–Kier alpha value is -1.39. The number of nitrogens with one attached hydrogen (secondary N) is 2. The van der Waals surface area contributed by atoms with Crippen LogP contribution in [0.15, 0.2) is 23.0 Å². The smallest absolute Gasteiger partial charge is 0.258 e. The van der Waals surface area contributed by atoms with E-state index < -0.39 is 0 Å². The predicted octanol–water partition coefficient (Wildman–Crippen LogP) is 3.81. The summed E-state index contributed by atoms with van der Waals surface area (Å²) in [6, 6.07) is 5.15. The van der Waals surface area contributed by atoms with E-state index in [1.807, 2.05) is 6.92 Å². The van der Waals surface area contributed by atoms with E-state index in [-0.39, 0.29) is 11.6 Å². The molecule has 0 aliphatic carbocycles. The molecule has 0 amide bonds. The highest BCUT2D eigenvalue weighted by molar-refractivity contribution is 6.31. The number of nitrogens with zero attached hydrogens (tertiary/aromatic N) is 1. The summed E-state index contributed by atoms with van der Waals surface area (Å²) in [5.74, 6) is 0.658. The Bertz CT molecular complexity index is 654. The van der Waals surface area contributed by atoms with Crippen molar-refractivity contribution < 1.29 is 0 Å². The standard InChI is InChI=1S/C16H22ClN3O/c1-3-4-5-6-9-18-11(2)15-19-14-10-12(17)7-8-13(14)16(21)20-15/h7-8,10-11,18H,3-6,9H2,1-2H3,(H,19,20,21). The molecule has 0 radical (unpaired) electrons. The van der Waals surface area contributed by atoms with Crippen LogP contribution < -0.4 is 10.9 Å². The highest BCUT2D eigenvalue weighted by atomic mass is 35.5. The zero-order valence-electron chi connectivity index (χ0n) is 12.6. The molecule has 2 rings (SSSR count). The third-order valence-electron chi connectivity index (χ3n) is 3.58. The maximum absolute atomic E-state index is 12.1. The van der Waals surface area contributed by atoms with E-state index in [2.05, 4.69) is 22.2 Å². The summed E-state index contributed by atoms with van der Waals surface area (Å²) in [5.41, 5.74) is 0.521. The van der Waals surface area contributed by atoms with Gasteiger partial charge in [0.2, 0.25) is 0 Å². The van der Waals surface area contributed by atoms with E-state index in [1.165, 1.54) is 19.3 Å². The molecule has 114 valence electrons. The molecule has 5 heteroatoms. The molecule has 2 aromatic rings. The lowest BCUT2D eigenvalue weighted by Gasteiger charge is -2.13. The van der Waals surface area contributed by atoms with E-state index in [9.17, 15) is 4.79 Å². The lowest BCUT2D eigenvalue weighted by molar-refractivity contribution is 0.518. The average Bonchev–Trinajstić information content (AvgIpc) is 2.46. The molecule has 1 unspecified atom stereocenters. The van der Waals surface area contributed by atoms with E-state index in [4.69, 9.17) is 11.6 Å². The Balaban J connectivity index is 2.09. The molecule has 0 bridgehead atoms. The molecule has 1 aromatic carbocycles. The van der Waals surface area contributed by atoms with E-state index in [0.717, 1.165) is 13.0 Å². The van der Waals surface area contributed by atoms with Crippen LogP contribution in [0.1, 0.15) is 51.4 Å². The number of fused-ring (bicyclic) bond motifs is 1. The molecule has 0 spiro atoms. The summed E-state index contributed by atoms with van der Waals surface area (Å²) in [4.78, 5) is 19.4. The van der Waals surface area contributed by atoms with Gasteiger partial charge in [-0.1, -0.05) is 37.8 Å². The van der Waals surface area contributed by atoms with Gasteiger partial charge < -0.3 is 10.3 Å². The van der Waals surface area contributed by atoms with Gasteiger partial charge in [0, 0.05) is 5.02 Å². The topological polar surface area (TPSA) is 57.8 Å². The van der Waals surface area contributed by atoms with Crippen molar-refractivity contribution in [3.63, 3.8) is 0 Å². The van der Waals surface area contributed by atoms with Crippen molar-refractivity contribution in [1.29, 1.82) is 0 Å². The van der Waals surface area contributed by atoms with Gasteiger partial charge in [0.15, 0.2) is 0 Å². The van der Waals surface area contributed by atoms with Gasteiger partial charge in [-0.3, -0.25) is 4.79 Å². The van der Waals surface area contributed by atoms with Gasteiger partial charge in [-0.2, -0.15) is 0 Å².